The van der Waals surface area contributed by atoms with Crippen LogP contribution in [0.25, 0.3) is 27.7 Å². The van der Waals surface area contributed by atoms with Crippen LogP contribution in [-0.4, -0.2) is 99.2 Å². The number of piperidine rings is 1. The van der Waals surface area contributed by atoms with Crippen LogP contribution < -0.4 is 10.1 Å². The third kappa shape index (κ3) is 4.42. The van der Waals surface area contributed by atoms with Crippen molar-refractivity contribution in [1.29, 1.82) is 0 Å². The number of benzene rings is 1. The molecule has 39 heavy (non-hydrogen) atoms. The predicted octanol–water partition coefficient (Wildman–Crippen LogP) is 3.29. The van der Waals surface area contributed by atoms with E-state index >= 15 is 13.2 Å². The van der Waals surface area contributed by atoms with Crippen LogP contribution in [0.15, 0.2) is 24.4 Å². The van der Waals surface area contributed by atoms with Crippen molar-refractivity contribution >= 4 is 22.5 Å². The van der Waals surface area contributed by atoms with Gasteiger partial charge in [0, 0.05) is 6.54 Å². The van der Waals surface area contributed by atoms with Crippen molar-refractivity contribution < 1.29 is 32.8 Å². The fraction of sp³-hybridized carbons (Fsp3) is 0.500. The Kier molecular flexibility index (Phi) is 6.18. The maximum atomic E-state index is 15.4. The van der Waals surface area contributed by atoms with Gasteiger partial charge >= 0.3 is 0 Å². The molecule has 1 unspecified atom stereocenters. The topological polar surface area (TPSA) is 94.6 Å². The Balaban J connectivity index is 1.33. The molecule has 0 spiro atoms. The number of fused-ring (bicyclic) bond motifs is 2. The van der Waals surface area contributed by atoms with Gasteiger partial charge in [-0.2, -0.15) is 4.98 Å². The van der Waals surface area contributed by atoms with Gasteiger partial charge in [-0.1, -0.05) is 11.3 Å². The van der Waals surface area contributed by atoms with Crippen LogP contribution in [0.1, 0.15) is 13.8 Å². The first-order valence-electron chi connectivity index (χ1n) is 12.7. The molecule has 2 aliphatic heterocycles. The first-order chi connectivity index (χ1) is 19.2. The maximum Gasteiger partial charge on any atom is 0.280 e. The van der Waals surface area contributed by atoms with Crippen LogP contribution in [0.4, 0.5) is 27.9 Å². The second kappa shape index (κ2) is 9.86. The number of rotatable bonds is 8. The van der Waals surface area contributed by atoms with E-state index in [0.29, 0.717) is 16.6 Å². The molecule has 2 saturated heterocycles. The van der Waals surface area contributed by atoms with E-state index in [1.807, 2.05) is 0 Å². The fourth-order valence-corrected chi connectivity index (χ4v) is 4.95. The van der Waals surface area contributed by atoms with E-state index in [2.05, 4.69) is 25.7 Å². The van der Waals surface area contributed by atoms with Crippen molar-refractivity contribution in [2.75, 3.05) is 52.1 Å². The van der Waals surface area contributed by atoms with Crippen molar-refractivity contribution in [1.82, 2.24) is 34.5 Å². The van der Waals surface area contributed by atoms with E-state index in [-0.39, 0.29) is 49.1 Å². The zero-order valence-corrected chi connectivity index (χ0v) is 20.8. The Morgan fingerprint density at radius 1 is 1.28 bits per heavy atom. The van der Waals surface area contributed by atoms with Crippen LogP contribution in [0.5, 0.6) is 5.88 Å². The molecule has 6 rings (SSSR count). The zero-order valence-electron chi connectivity index (χ0n) is 21.8. The smallest absolute Gasteiger partial charge is 0.280 e. The summed E-state index contributed by atoms with van der Waals surface area (Å²) in [5.74, 6) is -4.18. The van der Waals surface area contributed by atoms with Crippen LogP contribution in [0.3, 0.4) is 0 Å². The van der Waals surface area contributed by atoms with E-state index in [1.54, 1.807) is 12.1 Å². The number of likely N-dealkylation sites (tertiary alicyclic amines) is 1. The lowest BCUT2D eigenvalue weighted by Crippen LogP contribution is -2.61. The average Bonchev–Trinajstić information content (AvgIpc) is 3.48. The molecule has 0 saturated carbocycles. The van der Waals surface area contributed by atoms with Crippen molar-refractivity contribution in [3.8, 4) is 17.0 Å². The van der Waals surface area contributed by atoms with Gasteiger partial charge < -0.3 is 14.8 Å². The third-order valence-electron chi connectivity index (χ3n) is 7.10. The third-order valence-corrected chi connectivity index (χ3v) is 7.10. The van der Waals surface area contributed by atoms with Gasteiger partial charge in [-0.3, -0.25) is 4.90 Å². The number of aromatic nitrogens is 6. The van der Waals surface area contributed by atoms with Gasteiger partial charge in [-0.25, -0.2) is 31.1 Å². The summed E-state index contributed by atoms with van der Waals surface area (Å²) in [7, 11) is 1.30. The van der Waals surface area contributed by atoms with Gasteiger partial charge in [0.2, 0.25) is 11.8 Å². The molecule has 2 fully saturated rings. The van der Waals surface area contributed by atoms with Gasteiger partial charge in [-0.15, -0.1) is 10.2 Å². The maximum absolute atomic E-state index is 15.4. The number of alkyl halides is 4. The Morgan fingerprint density at radius 3 is 2.74 bits per heavy atom. The molecule has 4 aromatic rings. The van der Waals surface area contributed by atoms with Gasteiger partial charge in [-0.05, 0) is 24.1 Å². The van der Waals surface area contributed by atoms with E-state index in [4.69, 9.17) is 10.8 Å². The fourth-order valence-electron chi connectivity index (χ4n) is 4.95. The largest absolute Gasteiger partial charge is 0.479 e. The van der Waals surface area contributed by atoms with Crippen LogP contribution in [0, 0.1) is 5.82 Å². The molecule has 3 aromatic heterocycles. The highest BCUT2D eigenvalue weighted by atomic mass is 19.3. The molecule has 0 amide bonds. The number of ether oxygens (including phenoxy) is 2. The number of nitrogens with one attached hydrogen (secondary N) is 1. The summed E-state index contributed by atoms with van der Waals surface area (Å²) in [5, 5.41) is 14.6. The molecule has 1 atom stereocenters. The first-order valence-corrected chi connectivity index (χ1v) is 12.2. The molecule has 10 nitrogen and oxygen atoms in total. The highest BCUT2D eigenvalue weighted by Gasteiger charge is 2.47. The number of hydrogen-bond donors (Lipinski definition) is 1. The molecule has 1 aromatic carbocycles. The minimum Gasteiger partial charge on any atom is -0.479 e. The lowest BCUT2D eigenvalue weighted by molar-refractivity contribution is -0.131. The van der Waals surface area contributed by atoms with Crippen LogP contribution in [-0.2, 0) is 4.74 Å². The molecular formula is C24H25F5N8O2. The molecule has 0 radical (unpaired) electrons. The zero-order chi connectivity index (χ0) is 28.2. The normalized spacial score (nSPS) is 21.3. The summed E-state index contributed by atoms with van der Waals surface area (Å²) in [4.78, 5) is 5.64. The van der Waals surface area contributed by atoms with Crippen LogP contribution >= 0.6 is 0 Å². The van der Waals surface area contributed by atoms with Gasteiger partial charge in [0.15, 0.2) is 5.82 Å². The number of methoxy groups -OCH3 is 1. The predicted molar refractivity (Wildman–Crippen MR) is 130 cm³/mol. The standard InChI is InChI=1S/C24H25F5N8O2/c1-38-22-21-20(13-2-3-17-18(6-13)37(34-32-17)14(7-25)8-26)16(27)9-36(21)33-23(31-22)30-19-4-5-35(12-24(19,28)29)15-10-39-11-15/h2-3,6,9,14-15,19H,4-5,7-8,10-12H2,1H3,(H,30,33)/i15D. The molecule has 2 aliphatic rings. The molecule has 208 valence electrons. The van der Waals surface area contributed by atoms with E-state index in [0.717, 1.165) is 15.4 Å². The number of anilines is 1. The summed E-state index contributed by atoms with van der Waals surface area (Å²) >= 11 is 0. The second-order valence-electron chi connectivity index (χ2n) is 9.52. The van der Waals surface area contributed by atoms with Crippen molar-refractivity contribution in [2.45, 2.75) is 30.4 Å². The second-order valence-corrected chi connectivity index (χ2v) is 9.52. The Hall–Kier alpha value is -3.59. The number of nitrogens with zero attached hydrogens (tertiary/aromatic N) is 7. The molecule has 1 N–H and O–H groups in total. The van der Waals surface area contributed by atoms with Gasteiger partial charge in [0.25, 0.3) is 5.92 Å². The Labute approximate surface area is 220 Å². The molecule has 0 bridgehead atoms. The Morgan fingerprint density at radius 2 is 2.08 bits per heavy atom. The monoisotopic (exact) mass is 553 g/mol. The van der Waals surface area contributed by atoms with Crippen molar-refractivity contribution in [3.63, 3.8) is 0 Å². The summed E-state index contributed by atoms with van der Waals surface area (Å²) in [6.45, 7) is -2.22. The summed E-state index contributed by atoms with van der Waals surface area (Å²) < 4.78 is 93.2. The van der Waals surface area contributed by atoms with E-state index in [1.165, 1.54) is 18.1 Å². The molecule has 5 heterocycles. The SMILES string of the molecule is [2H]C1(N2CCC(Nc3nc(OC)c4c(-c5ccc6nnn(C(CF)CF)c6c5)c(F)cn4n3)C(F)(F)C2)COC1. The lowest BCUT2D eigenvalue weighted by atomic mass is 9.98. The first kappa shape index (κ1) is 24.5. The quantitative estimate of drug-likeness (QED) is 0.333. The highest BCUT2D eigenvalue weighted by molar-refractivity contribution is 5.89. The molecule has 15 heteroatoms. The van der Waals surface area contributed by atoms with Gasteiger partial charge in [0.05, 0.1) is 57.6 Å². The van der Waals surface area contributed by atoms with E-state index in [9.17, 15) is 8.78 Å². The van der Waals surface area contributed by atoms with Gasteiger partial charge in [0.1, 0.15) is 30.4 Å². The highest BCUT2D eigenvalue weighted by Crippen LogP contribution is 2.37. The minimum atomic E-state index is -3.20. The van der Waals surface area contributed by atoms with Crippen molar-refractivity contribution in [3.05, 3.63) is 30.2 Å². The average molecular weight is 554 g/mol. The lowest BCUT2D eigenvalue weighted by Gasteiger charge is -2.44. The minimum absolute atomic E-state index is 0.0170. The Bertz CT molecular complexity index is 1560. The summed E-state index contributed by atoms with van der Waals surface area (Å²) in [6, 6.07) is 0.940. The number of hydrogen-bond acceptors (Lipinski definition) is 8. The van der Waals surface area contributed by atoms with E-state index < -0.39 is 49.7 Å². The molecular weight excluding hydrogens is 527 g/mol. The molecule has 0 aliphatic carbocycles. The van der Waals surface area contributed by atoms with Crippen LogP contribution in [0.2, 0.25) is 0 Å². The number of halogens is 5. The summed E-state index contributed by atoms with van der Waals surface area (Å²) in [6.07, 6.45) is 1.08. The van der Waals surface area contributed by atoms with Crippen molar-refractivity contribution in [2.24, 2.45) is 0 Å². The summed E-state index contributed by atoms with van der Waals surface area (Å²) in [5.41, 5.74) is 1.14.